The number of hydrogen-bond donors (Lipinski definition) is 2. The SMILES string of the molecule is CC(C)(C(=O)O)C1=CC[C@@]2(C)[C@@H](CC[C@H]3[C@@H]2CC[C@]2(C)[C@@H](O)CC[C@@H]32)C1. The lowest BCUT2D eigenvalue weighted by atomic mass is 9.45. The number of rotatable bonds is 2. The zero-order valence-electron chi connectivity index (χ0n) is 16.9. The van der Waals surface area contributed by atoms with E-state index < -0.39 is 11.4 Å². The van der Waals surface area contributed by atoms with E-state index in [-0.39, 0.29) is 11.5 Å². The van der Waals surface area contributed by atoms with Crippen LogP contribution in [0.5, 0.6) is 0 Å². The van der Waals surface area contributed by atoms with Crippen molar-refractivity contribution >= 4 is 5.97 Å². The standard InChI is InChI=1S/C23H36O3/c1-21(2,20(25)26)14-9-11-22(3)15(13-14)5-6-16-17-7-8-19(24)23(17,4)12-10-18(16)22/h9,15-19,24H,5-8,10-13H2,1-4H3,(H,25,26)/t15-,16+,17-,18-,19-,22-,23-/m0/s1. The Morgan fingerprint density at radius 1 is 1.08 bits per heavy atom. The van der Waals surface area contributed by atoms with Crippen LogP contribution in [0.25, 0.3) is 0 Å². The molecule has 7 atom stereocenters. The highest BCUT2D eigenvalue weighted by Gasteiger charge is 2.59. The van der Waals surface area contributed by atoms with Gasteiger partial charge in [0.25, 0.3) is 0 Å². The molecule has 0 aromatic carbocycles. The summed E-state index contributed by atoms with van der Waals surface area (Å²) in [5.74, 6) is 2.12. The van der Waals surface area contributed by atoms with Gasteiger partial charge >= 0.3 is 5.97 Å². The topological polar surface area (TPSA) is 57.5 Å². The van der Waals surface area contributed by atoms with E-state index in [2.05, 4.69) is 19.9 Å². The molecule has 0 radical (unpaired) electrons. The third kappa shape index (κ3) is 2.38. The molecule has 3 saturated carbocycles. The van der Waals surface area contributed by atoms with Crippen LogP contribution < -0.4 is 0 Å². The molecule has 0 aromatic heterocycles. The van der Waals surface area contributed by atoms with Crippen LogP contribution in [0.3, 0.4) is 0 Å². The van der Waals surface area contributed by atoms with Crippen LogP contribution in [0.4, 0.5) is 0 Å². The molecule has 3 fully saturated rings. The van der Waals surface area contributed by atoms with E-state index in [1.54, 1.807) is 0 Å². The summed E-state index contributed by atoms with van der Waals surface area (Å²) in [6.07, 6.45) is 11.3. The largest absolute Gasteiger partial charge is 0.481 e. The van der Waals surface area contributed by atoms with Crippen LogP contribution in [0.2, 0.25) is 0 Å². The van der Waals surface area contributed by atoms with E-state index in [1.807, 2.05) is 13.8 Å². The summed E-state index contributed by atoms with van der Waals surface area (Å²) in [5, 5.41) is 20.2. The van der Waals surface area contributed by atoms with Crippen molar-refractivity contribution in [2.24, 2.45) is 39.9 Å². The molecule has 0 amide bonds. The number of aliphatic hydroxyl groups excluding tert-OH is 1. The minimum absolute atomic E-state index is 0.104. The highest BCUT2D eigenvalue weighted by Crippen LogP contribution is 2.66. The van der Waals surface area contributed by atoms with Crippen LogP contribution in [0.15, 0.2) is 11.6 Å². The van der Waals surface area contributed by atoms with Gasteiger partial charge in [0.1, 0.15) is 0 Å². The first-order valence-corrected chi connectivity index (χ1v) is 10.7. The summed E-state index contributed by atoms with van der Waals surface area (Å²) >= 11 is 0. The number of aliphatic hydroxyl groups is 1. The average molecular weight is 361 g/mol. The number of carboxylic acid groups (broad SMARTS) is 1. The maximum Gasteiger partial charge on any atom is 0.313 e. The molecule has 26 heavy (non-hydrogen) atoms. The van der Waals surface area contributed by atoms with Gasteiger partial charge in [-0.3, -0.25) is 4.79 Å². The normalized spacial score (nSPS) is 48.2. The molecular formula is C23H36O3. The quantitative estimate of drug-likeness (QED) is 0.679. The third-order valence-electron chi connectivity index (χ3n) is 9.61. The lowest BCUT2D eigenvalue weighted by Gasteiger charge is -2.60. The minimum atomic E-state index is -0.737. The van der Waals surface area contributed by atoms with Crippen molar-refractivity contribution in [2.75, 3.05) is 0 Å². The van der Waals surface area contributed by atoms with Crippen molar-refractivity contribution in [3.63, 3.8) is 0 Å². The number of allylic oxidation sites excluding steroid dienone is 1. The Bertz CT molecular complexity index is 635. The maximum absolute atomic E-state index is 11.7. The first kappa shape index (κ1) is 18.5. The molecule has 2 N–H and O–H groups in total. The summed E-state index contributed by atoms with van der Waals surface area (Å²) in [6.45, 7) is 8.56. The maximum atomic E-state index is 11.7. The molecule has 4 aliphatic carbocycles. The van der Waals surface area contributed by atoms with Gasteiger partial charge in [-0.15, -0.1) is 0 Å². The van der Waals surface area contributed by atoms with Gasteiger partial charge in [-0.1, -0.05) is 25.5 Å². The Labute approximate surface area is 158 Å². The molecule has 0 unspecified atom stereocenters. The van der Waals surface area contributed by atoms with Crippen molar-refractivity contribution in [3.8, 4) is 0 Å². The van der Waals surface area contributed by atoms with Crippen LogP contribution in [0, 0.1) is 39.9 Å². The summed E-state index contributed by atoms with van der Waals surface area (Å²) in [6, 6.07) is 0. The van der Waals surface area contributed by atoms with E-state index in [0.717, 1.165) is 36.7 Å². The number of hydrogen-bond acceptors (Lipinski definition) is 2. The number of fused-ring (bicyclic) bond motifs is 5. The molecular weight excluding hydrogens is 324 g/mol. The lowest BCUT2D eigenvalue weighted by molar-refractivity contribution is -0.145. The number of carboxylic acids is 1. The highest BCUT2D eigenvalue weighted by molar-refractivity contribution is 5.77. The van der Waals surface area contributed by atoms with E-state index in [0.29, 0.717) is 17.3 Å². The zero-order valence-corrected chi connectivity index (χ0v) is 16.9. The molecule has 0 bridgehead atoms. The molecule has 0 saturated heterocycles. The molecule has 0 spiro atoms. The fraction of sp³-hybridized carbons (Fsp3) is 0.870. The van der Waals surface area contributed by atoms with Gasteiger partial charge in [0.05, 0.1) is 11.5 Å². The zero-order chi connectivity index (χ0) is 18.9. The Kier molecular flexibility index (Phi) is 4.16. The monoisotopic (exact) mass is 360 g/mol. The predicted octanol–water partition coefficient (Wildman–Crippen LogP) is 5.04. The minimum Gasteiger partial charge on any atom is -0.481 e. The molecule has 3 nitrogen and oxygen atoms in total. The Hall–Kier alpha value is -0.830. The van der Waals surface area contributed by atoms with E-state index in [9.17, 15) is 15.0 Å². The Morgan fingerprint density at radius 3 is 2.46 bits per heavy atom. The van der Waals surface area contributed by atoms with Gasteiger partial charge in [-0.2, -0.15) is 0 Å². The second-order valence-corrected chi connectivity index (χ2v) is 10.9. The van der Waals surface area contributed by atoms with Gasteiger partial charge in [-0.25, -0.2) is 0 Å². The first-order chi connectivity index (χ1) is 12.1. The van der Waals surface area contributed by atoms with Crippen LogP contribution in [0.1, 0.15) is 79.1 Å². The van der Waals surface area contributed by atoms with Gasteiger partial charge < -0.3 is 10.2 Å². The Morgan fingerprint density at radius 2 is 1.77 bits per heavy atom. The first-order valence-electron chi connectivity index (χ1n) is 10.7. The lowest BCUT2D eigenvalue weighted by Crippen LogP contribution is -2.53. The molecule has 146 valence electrons. The predicted molar refractivity (Wildman–Crippen MR) is 103 cm³/mol. The van der Waals surface area contributed by atoms with Gasteiger partial charge in [-0.05, 0) is 99.7 Å². The van der Waals surface area contributed by atoms with Crippen LogP contribution in [-0.2, 0) is 4.79 Å². The van der Waals surface area contributed by atoms with Crippen molar-refractivity contribution in [2.45, 2.75) is 85.2 Å². The van der Waals surface area contributed by atoms with E-state index in [1.165, 1.54) is 32.1 Å². The van der Waals surface area contributed by atoms with Gasteiger partial charge in [0, 0.05) is 0 Å². The molecule has 0 aromatic rings. The second kappa shape index (κ2) is 5.83. The van der Waals surface area contributed by atoms with E-state index >= 15 is 0 Å². The van der Waals surface area contributed by atoms with Gasteiger partial charge in [0.15, 0.2) is 0 Å². The smallest absolute Gasteiger partial charge is 0.313 e. The molecule has 4 rings (SSSR count). The average Bonchev–Trinajstić information content (AvgIpc) is 2.89. The van der Waals surface area contributed by atoms with Crippen LogP contribution in [-0.4, -0.2) is 22.3 Å². The molecule has 0 aliphatic heterocycles. The van der Waals surface area contributed by atoms with Crippen molar-refractivity contribution < 1.29 is 15.0 Å². The summed E-state index contributed by atoms with van der Waals surface area (Å²) in [7, 11) is 0. The molecule has 3 heteroatoms. The second-order valence-electron chi connectivity index (χ2n) is 10.9. The summed E-state index contributed by atoms with van der Waals surface area (Å²) in [4.78, 5) is 11.7. The molecule has 0 heterocycles. The summed E-state index contributed by atoms with van der Waals surface area (Å²) in [5.41, 5.74) is 0.864. The summed E-state index contributed by atoms with van der Waals surface area (Å²) < 4.78 is 0. The Balaban J connectivity index is 1.61. The van der Waals surface area contributed by atoms with Crippen molar-refractivity contribution in [1.82, 2.24) is 0 Å². The molecule has 4 aliphatic rings. The van der Waals surface area contributed by atoms with Gasteiger partial charge in [0.2, 0.25) is 0 Å². The van der Waals surface area contributed by atoms with E-state index in [4.69, 9.17) is 0 Å². The van der Waals surface area contributed by atoms with Crippen LogP contribution >= 0.6 is 0 Å². The fourth-order valence-corrected chi connectivity index (χ4v) is 7.50. The third-order valence-corrected chi connectivity index (χ3v) is 9.61. The van der Waals surface area contributed by atoms with Crippen molar-refractivity contribution in [1.29, 1.82) is 0 Å². The number of carbonyl (C=O) groups is 1. The number of aliphatic carboxylic acids is 1. The highest BCUT2D eigenvalue weighted by atomic mass is 16.4. The fourth-order valence-electron chi connectivity index (χ4n) is 7.50. The van der Waals surface area contributed by atoms with Crippen molar-refractivity contribution in [3.05, 3.63) is 11.6 Å².